The molecule has 2 aromatic rings. The van der Waals surface area contributed by atoms with Crippen LogP contribution in [0.5, 0.6) is 0 Å². The largest absolute Gasteiger partial charge is 0.350 e. The van der Waals surface area contributed by atoms with Gasteiger partial charge in [-0.2, -0.15) is 0 Å². The van der Waals surface area contributed by atoms with E-state index in [0.717, 1.165) is 11.1 Å². The summed E-state index contributed by atoms with van der Waals surface area (Å²) in [4.78, 5) is 27.5. The zero-order chi connectivity index (χ0) is 21.9. The summed E-state index contributed by atoms with van der Waals surface area (Å²) >= 11 is 0. The van der Waals surface area contributed by atoms with Crippen LogP contribution >= 0.6 is 0 Å². The Morgan fingerprint density at radius 3 is 2.30 bits per heavy atom. The molecule has 0 radical (unpaired) electrons. The van der Waals surface area contributed by atoms with Crippen LogP contribution in [0.25, 0.3) is 0 Å². The van der Waals surface area contributed by atoms with Crippen LogP contribution in [0.1, 0.15) is 56.7 Å². The molecular formula is C24H30FN3O2. The molecule has 0 saturated carbocycles. The van der Waals surface area contributed by atoms with Crippen LogP contribution in [0, 0.1) is 5.82 Å². The lowest BCUT2D eigenvalue weighted by Crippen LogP contribution is -2.50. The number of nitrogens with one attached hydrogen (secondary N) is 1. The monoisotopic (exact) mass is 411 g/mol. The average Bonchev–Trinajstić information content (AvgIpc) is 2.80. The Bertz CT molecular complexity index is 878. The van der Waals surface area contributed by atoms with Crippen molar-refractivity contribution in [3.63, 3.8) is 0 Å². The second kappa shape index (κ2) is 8.96. The number of carbonyl (C=O) groups is 2. The van der Waals surface area contributed by atoms with E-state index < -0.39 is 11.6 Å². The number of nitrogens with zero attached hydrogens (tertiary/aromatic N) is 1. The van der Waals surface area contributed by atoms with Gasteiger partial charge in [-0.15, -0.1) is 0 Å². The van der Waals surface area contributed by atoms with Gasteiger partial charge in [-0.05, 0) is 62.8 Å². The van der Waals surface area contributed by atoms with Crippen LogP contribution in [0.3, 0.4) is 0 Å². The molecule has 1 fully saturated rings. The van der Waals surface area contributed by atoms with E-state index in [1.807, 2.05) is 51.1 Å². The highest BCUT2D eigenvalue weighted by atomic mass is 19.1. The summed E-state index contributed by atoms with van der Waals surface area (Å²) in [6.45, 7) is 5.65. The molecule has 0 spiro atoms. The van der Waals surface area contributed by atoms with Gasteiger partial charge in [0.1, 0.15) is 12.4 Å². The number of amides is 2. The summed E-state index contributed by atoms with van der Waals surface area (Å²) in [5.41, 5.74) is 7.78. The van der Waals surface area contributed by atoms with Crippen molar-refractivity contribution in [1.29, 1.82) is 0 Å². The molecule has 2 aromatic carbocycles. The van der Waals surface area contributed by atoms with Gasteiger partial charge in [0.05, 0.1) is 12.1 Å². The van der Waals surface area contributed by atoms with Gasteiger partial charge in [0.2, 0.25) is 11.8 Å². The highest BCUT2D eigenvalue weighted by Crippen LogP contribution is 2.38. The summed E-state index contributed by atoms with van der Waals surface area (Å²) in [6.07, 6.45) is 1.06. The molecule has 30 heavy (non-hydrogen) atoms. The van der Waals surface area contributed by atoms with Crippen molar-refractivity contribution in [3.05, 3.63) is 71.5 Å². The summed E-state index contributed by atoms with van der Waals surface area (Å²) in [5, 5.41) is 2.93. The molecule has 5 nitrogen and oxygen atoms in total. The predicted octanol–water partition coefficient (Wildman–Crippen LogP) is 3.52. The third-order valence-electron chi connectivity index (χ3n) is 5.38. The molecule has 2 amide bonds. The summed E-state index contributed by atoms with van der Waals surface area (Å²) < 4.78 is 13.4. The molecule has 3 rings (SSSR count). The standard InChI is InChI=1S/C24H30FN3O2/c1-24(2,3)27-22(29)15-28-21(17-7-5-4-6-8-17)14-18(13-20(26)23(28)30)16-9-11-19(25)12-10-16/h4-12,18,20-21H,13-15,26H2,1-3H3,(H,27,29). The number of rotatable bonds is 4. The van der Waals surface area contributed by atoms with Gasteiger partial charge in [0.25, 0.3) is 0 Å². The molecule has 1 aliphatic rings. The molecule has 3 N–H and O–H groups in total. The molecule has 1 aliphatic heterocycles. The van der Waals surface area contributed by atoms with E-state index in [2.05, 4.69) is 5.32 Å². The van der Waals surface area contributed by atoms with Gasteiger partial charge in [0.15, 0.2) is 0 Å². The van der Waals surface area contributed by atoms with Crippen molar-refractivity contribution in [1.82, 2.24) is 10.2 Å². The number of halogens is 1. The molecule has 6 heteroatoms. The van der Waals surface area contributed by atoms with E-state index in [4.69, 9.17) is 5.73 Å². The number of likely N-dealkylation sites (tertiary alicyclic amines) is 1. The van der Waals surface area contributed by atoms with Crippen LogP contribution < -0.4 is 11.1 Å². The lowest BCUT2D eigenvalue weighted by Gasteiger charge is -2.33. The maximum atomic E-state index is 13.4. The molecule has 3 unspecified atom stereocenters. The number of hydrogen-bond donors (Lipinski definition) is 2. The minimum absolute atomic E-state index is 0.0227. The van der Waals surface area contributed by atoms with Gasteiger partial charge >= 0.3 is 0 Å². The van der Waals surface area contributed by atoms with Gasteiger partial charge < -0.3 is 16.0 Å². The number of carbonyl (C=O) groups excluding carboxylic acids is 2. The first-order valence-corrected chi connectivity index (χ1v) is 10.3. The fourth-order valence-corrected chi connectivity index (χ4v) is 4.07. The van der Waals surface area contributed by atoms with Gasteiger partial charge in [0, 0.05) is 5.54 Å². The van der Waals surface area contributed by atoms with Crippen LogP contribution in [0.4, 0.5) is 4.39 Å². The Labute approximate surface area is 177 Å². The zero-order valence-electron chi connectivity index (χ0n) is 17.8. The molecule has 0 aliphatic carbocycles. The summed E-state index contributed by atoms with van der Waals surface area (Å²) in [5.74, 6) is -0.778. The smallest absolute Gasteiger partial charge is 0.240 e. The summed E-state index contributed by atoms with van der Waals surface area (Å²) in [6, 6.07) is 15.0. The number of nitrogens with two attached hydrogens (primary N) is 1. The lowest BCUT2D eigenvalue weighted by atomic mass is 9.86. The summed E-state index contributed by atoms with van der Waals surface area (Å²) in [7, 11) is 0. The van der Waals surface area contributed by atoms with E-state index in [9.17, 15) is 14.0 Å². The third kappa shape index (κ3) is 5.45. The topological polar surface area (TPSA) is 75.4 Å². The maximum Gasteiger partial charge on any atom is 0.240 e. The van der Waals surface area contributed by atoms with Crippen LogP contribution in [-0.4, -0.2) is 34.8 Å². The minimum Gasteiger partial charge on any atom is -0.350 e. The Morgan fingerprint density at radius 2 is 1.70 bits per heavy atom. The predicted molar refractivity (Wildman–Crippen MR) is 115 cm³/mol. The van der Waals surface area contributed by atoms with Crippen molar-refractivity contribution in [2.24, 2.45) is 5.73 Å². The molecule has 160 valence electrons. The van der Waals surface area contributed by atoms with Crippen molar-refractivity contribution in [2.45, 2.75) is 57.2 Å². The fourth-order valence-electron chi connectivity index (χ4n) is 4.07. The quantitative estimate of drug-likeness (QED) is 0.808. The van der Waals surface area contributed by atoms with E-state index in [1.165, 1.54) is 12.1 Å². The Balaban J connectivity index is 1.95. The number of hydrogen-bond acceptors (Lipinski definition) is 3. The van der Waals surface area contributed by atoms with E-state index in [-0.39, 0.29) is 36.1 Å². The van der Waals surface area contributed by atoms with Crippen molar-refractivity contribution in [3.8, 4) is 0 Å². The molecule has 0 aromatic heterocycles. The molecule has 1 saturated heterocycles. The fraction of sp³-hybridized carbons (Fsp3) is 0.417. The average molecular weight is 412 g/mol. The van der Waals surface area contributed by atoms with Crippen molar-refractivity contribution < 1.29 is 14.0 Å². The highest BCUT2D eigenvalue weighted by molar-refractivity contribution is 5.88. The first-order chi connectivity index (χ1) is 14.1. The minimum atomic E-state index is -0.726. The third-order valence-corrected chi connectivity index (χ3v) is 5.38. The van der Waals surface area contributed by atoms with Gasteiger partial charge in [-0.3, -0.25) is 9.59 Å². The van der Waals surface area contributed by atoms with Crippen LogP contribution in [0.2, 0.25) is 0 Å². The van der Waals surface area contributed by atoms with Crippen LogP contribution in [0.15, 0.2) is 54.6 Å². The van der Waals surface area contributed by atoms with Crippen molar-refractivity contribution in [2.75, 3.05) is 6.54 Å². The molecule has 0 bridgehead atoms. The van der Waals surface area contributed by atoms with E-state index in [1.54, 1.807) is 17.0 Å². The second-order valence-corrected chi connectivity index (χ2v) is 9.02. The first kappa shape index (κ1) is 22.0. The highest BCUT2D eigenvalue weighted by Gasteiger charge is 2.37. The van der Waals surface area contributed by atoms with Gasteiger partial charge in [-0.25, -0.2) is 4.39 Å². The lowest BCUT2D eigenvalue weighted by molar-refractivity contribution is -0.139. The van der Waals surface area contributed by atoms with Crippen molar-refractivity contribution >= 4 is 11.8 Å². The Morgan fingerprint density at radius 1 is 1.07 bits per heavy atom. The van der Waals surface area contributed by atoms with E-state index >= 15 is 0 Å². The molecular weight excluding hydrogens is 381 g/mol. The maximum absolute atomic E-state index is 13.4. The SMILES string of the molecule is CC(C)(C)NC(=O)CN1C(=O)C(N)CC(c2ccc(F)cc2)CC1c1ccccc1. The number of benzene rings is 2. The Kier molecular flexibility index (Phi) is 6.56. The normalized spacial score (nSPS) is 22.5. The van der Waals surface area contributed by atoms with Crippen LogP contribution in [-0.2, 0) is 9.59 Å². The first-order valence-electron chi connectivity index (χ1n) is 10.3. The van der Waals surface area contributed by atoms with Gasteiger partial charge in [-0.1, -0.05) is 42.5 Å². The molecule has 1 heterocycles. The zero-order valence-corrected chi connectivity index (χ0v) is 17.8. The second-order valence-electron chi connectivity index (χ2n) is 9.02. The Hall–Kier alpha value is -2.73. The molecule has 3 atom stereocenters. The van der Waals surface area contributed by atoms with E-state index in [0.29, 0.717) is 12.8 Å².